The number of hydrogen-bond donors (Lipinski definition) is 2. The van der Waals surface area contributed by atoms with Gasteiger partial charge in [-0.25, -0.2) is 0 Å². The van der Waals surface area contributed by atoms with Gasteiger partial charge in [-0.15, -0.1) is 0 Å². The summed E-state index contributed by atoms with van der Waals surface area (Å²) in [6, 6.07) is 4.08. The molecule has 0 amide bonds. The molecule has 7 heteroatoms. The third-order valence-corrected chi connectivity index (χ3v) is 4.74. The van der Waals surface area contributed by atoms with Gasteiger partial charge in [0.25, 0.3) is 0 Å². The summed E-state index contributed by atoms with van der Waals surface area (Å²) in [5.41, 5.74) is 3.64. The Bertz CT molecular complexity index is 622. The molecule has 1 fully saturated rings. The Kier molecular flexibility index (Phi) is 7.31. The number of ether oxygens (including phenoxy) is 3. The van der Waals surface area contributed by atoms with Gasteiger partial charge in [-0.2, -0.15) is 5.10 Å². The molecule has 0 aromatic heterocycles. The lowest BCUT2D eigenvalue weighted by molar-refractivity contribution is 0.308. The monoisotopic (exact) mass is 365 g/mol. The summed E-state index contributed by atoms with van der Waals surface area (Å²) in [6.07, 6.45) is 6.59. The second kappa shape index (κ2) is 9.46. The van der Waals surface area contributed by atoms with Gasteiger partial charge >= 0.3 is 0 Å². The zero-order valence-electron chi connectivity index (χ0n) is 15.3. The Labute approximate surface area is 154 Å². The van der Waals surface area contributed by atoms with Crippen molar-refractivity contribution in [1.29, 1.82) is 0 Å². The lowest BCUT2D eigenvalue weighted by Gasteiger charge is -2.30. The van der Waals surface area contributed by atoms with E-state index in [9.17, 15) is 0 Å². The molecule has 138 valence electrons. The van der Waals surface area contributed by atoms with E-state index in [4.69, 9.17) is 26.4 Å². The fourth-order valence-electron chi connectivity index (χ4n) is 3.12. The standard InChI is InChI=1S/C18H27N3O3S/c1-12-7-5-6-8-14(12)20-18(25)21-19-11-13-9-10-15(22-2)17(24-4)16(13)23-3/h9-12,14H,5-8H2,1-4H3,(H2,20,21,25)/b19-11-/t12-,14+/m0/s1. The van der Waals surface area contributed by atoms with Crippen LogP contribution >= 0.6 is 12.2 Å². The van der Waals surface area contributed by atoms with Crippen molar-refractivity contribution >= 4 is 23.5 Å². The second-order valence-electron chi connectivity index (χ2n) is 6.14. The van der Waals surface area contributed by atoms with Gasteiger partial charge in [-0.1, -0.05) is 19.8 Å². The maximum atomic E-state index is 5.43. The number of thiocarbonyl (C=S) groups is 1. The Hall–Kier alpha value is -2.02. The summed E-state index contributed by atoms with van der Waals surface area (Å²) < 4.78 is 16.1. The highest BCUT2D eigenvalue weighted by atomic mass is 32.1. The van der Waals surface area contributed by atoms with Crippen molar-refractivity contribution in [1.82, 2.24) is 10.7 Å². The van der Waals surface area contributed by atoms with E-state index in [1.807, 2.05) is 12.1 Å². The van der Waals surface area contributed by atoms with Crippen LogP contribution in [0.15, 0.2) is 17.2 Å². The van der Waals surface area contributed by atoms with Gasteiger partial charge in [0.2, 0.25) is 5.75 Å². The van der Waals surface area contributed by atoms with Gasteiger partial charge < -0.3 is 19.5 Å². The minimum atomic E-state index is 0.416. The van der Waals surface area contributed by atoms with E-state index >= 15 is 0 Å². The Morgan fingerprint density at radius 3 is 2.48 bits per heavy atom. The molecule has 0 saturated heterocycles. The molecule has 1 aliphatic rings. The molecule has 2 atom stereocenters. The van der Waals surface area contributed by atoms with Crippen LogP contribution in [0.5, 0.6) is 17.2 Å². The maximum Gasteiger partial charge on any atom is 0.203 e. The molecule has 6 nitrogen and oxygen atoms in total. The van der Waals surface area contributed by atoms with Crippen LogP contribution in [0.25, 0.3) is 0 Å². The summed E-state index contributed by atoms with van der Waals surface area (Å²) in [5, 5.41) is 8.11. The van der Waals surface area contributed by atoms with Gasteiger partial charge in [0.1, 0.15) is 0 Å². The van der Waals surface area contributed by atoms with Crippen LogP contribution in [0.3, 0.4) is 0 Å². The van der Waals surface area contributed by atoms with Gasteiger partial charge in [0.15, 0.2) is 16.6 Å². The number of rotatable bonds is 6. The van der Waals surface area contributed by atoms with Crippen molar-refractivity contribution in [2.24, 2.45) is 11.0 Å². The molecule has 0 unspecified atom stereocenters. The van der Waals surface area contributed by atoms with E-state index in [-0.39, 0.29) is 0 Å². The minimum absolute atomic E-state index is 0.416. The third kappa shape index (κ3) is 4.98. The average molecular weight is 365 g/mol. The molecule has 0 radical (unpaired) electrons. The van der Waals surface area contributed by atoms with Gasteiger partial charge in [0, 0.05) is 11.6 Å². The minimum Gasteiger partial charge on any atom is -0.493 e. The second-order valence-corrected chi connectivity index (χ2v) is 6.54. The quantitative estimate of drug-likeness (QED) is 0.459. The number of methoxy groups -OCH3 is 3. The fraction of sp³-hybridized carbons (Fsp3) is 0.556. The van der Waals surface area contributed by atoms with Crippen molar-refractivity contribution < 1.29 is 14.2 Å². The number of nitrogens with one attached hydrogen (secondary N) is 2. The molecule has 0 bridgehead atoms. The van der Waals surface area contributed by atoms with E-state index < -0.39 is 0 Å². The first-order chi connectivity index (χ1) is 12.1. The van der Waals surface area contributed by atoms with Crippen molar-refractivity contribution in [3.8, 4) is 17.2 Å². The highest BCUT2D eigenvalue weighted by Gasteiger charge is 2.21. The van der Waals surface area contributed by atoms with Crippen LogP contribution < -0.4 is 25.0 Å². The Morgan fingerprint density at radius 1 is 1.12 bits per heavy atom. The molecule has 25 heavy (non-hydrogen) atoms. The first-order valence-corrected chi connectivity index (χ1v) is 8.90. The number of hydrogen-bond acceptors (Lipinski definition) is 5. The van der Waals surface area contributed by atoms with Crippen LogP contribution in [0.2, 0.25) is 0 Å². The summed E-state index contributed by atoms with van der Waals surface area (Å²) >= 11 is 5.34. The molecule has 0 aliphatic heterocycles. The van der Waals surface area contributed by atoms with Gasteiger partial charge in [-0.05, 0) is 43.1 Å². The molecule has 2 rings (SSSR count). The molecule has 1 aromatic rings. The predicted octanol–water partition coefficient (Wildman–Crippen LogP) is 3.09. The fourth-order valence-corrected chi connectivity index (χ4v) is 3.32. The van der Waals surface area contributed by atoms with Gasteiger partial charge in [-0.3, -0.25) is 5.43 Å². The molecule has 1 aliphatic carbocycles. The molecular weight excluding hydrogens is 338 g/mol. The first-order valence-electron chi connectivity index (χ1n) is 8.49. The number of benzene rings is 1. The summed E-state index contributed by atoms with van der Waals surface area (Å²) in [5.74, 6) is 2.33. The van der Waals surface area contributed by atoms with E-state index in [1.165, 1.54) is 19.3 Å². The van der Waals surface area contributed by atoms with Crippen LogP contribution in [-0.4, -0.2) is 38.7 Å². The van der Waals surface area contributed by atoms with Crippen LogP contribution in [0, 0.1) is 5.92 Å². The van der Waals surface area contributed by atoms with Crippen molar-refractivity contribution in [2.75, 3.05) is 21.3 Å². The topological polar surface area (TPSA) is 64.1 Å². The molecule has 0 heterocycles. The zero-order chi connectivity index (χ0) is 18.2. The lowest BCUT2D eigenvalue weighted by atomic mass is 9.86. The first kappa shape index (κ1) is 19.3. The molecule has 2 N–H and O–H groups in total. The smallest absolute Gasteiger partial charge is 0.203 e. The summed E-state index contributed by atoms with van der Waals surface area (Å²) in [7, 11) is 4.74. The summed E-state index contributed by atoms with van der Waals surface area (Å²) in [6.45, 7) is 2.26. The van der Waals surface area contributed by atoms with E-state index in [1.54, 1.807) is 27.5 Å². The predicted molar refractivity (Wildman–Crippen MR) is 104 cm³/mol. The highest BCUT2D eigenvalue weighted by Crippen LogP contribution is 2.38. The van der Waals surface area contributed by atoms with Crippen molar-refractivity contribution in [3.63, 3.8) is 0 Å². The highest BCUT2D eigenvalue weighted by molar-refractivity contribution is 7.80. The van der Waals surface area contributed by atoms with E-state index in [2.05, 4.69) is 22.8 Å². The SMILES string of the molecule is COc1ccc(/C=N\NC(=S)N[C@@H]2CCCC[C@@H]2C)c(OC)c1OC. The summed E-state index contributed by atoms with van der Waals surface area (Å²) in [4.78, 5) is 0. The molecule has 1 aromatic carbocycles. The molecule has 0 spiro atoms. The van der Waals surface area contributed by atoms with Crippen molar-refractivity contribution in [2.45, 2.75) is 38.6 Å². The lowest BCUT2D eigenvalue weighted by Crippen LogP contribution is -2.44. The van der Waals surface area contributed by atoms with Crippen molar-refractivity contribution in [3.05, 3.63) is 17.7 Å². The number of nitrogens with zero attached hydrogens (tertiary/aromatic N) is 1. The van der Waals surface area contributed by atoms with Crippen LogP contribution in [0.4, 0.5) is 0 Å². The zero-order valence-corrected chi connectivity index (χ0v) is 16.1. The van der Waals surface area contributed by atoms with E-state index in [0.29, 0.717) is 34.3 Å². The average Bonchev–Trinajstić information content (AvgIpc) is 2.62. The largest absolute Gasteiger partial charge is 0.493 e. The number of hydrazone groups is 1. The molecular formula is C18H27N3O3S. The van der Waals surface area contributed by atoms with Gasteiger partial charge in [0.05, 0.1) is 27.5 Å². The Morgan fingerprint density at radius 2 is 1.84 bits per heavy atom. The van der Waals surface area contributed by atoms with E-state index in [0.717, 1.165) is 12.0 Å². The third-order valence-electron chi connectivity index (χ3n) is 4.53. The van der Waals surface area contributed by atoms with Crippen LogP contribution in [0.1, 0.15) is 38.2 Å². The molecule has 1 saturated carbocycles. The normalized spacial score (nSPS) is 20.2. The Balaban J connectivity index is 2.00. The maximum absolute atomic E-state index is 5.43. The van der Waals surface area contributed by atoms with Crippen LogP contribution in [-0.2, 0) is 0 Å².